The summed E-state index contributed by atoms with van der Waals surface area (Å²) in [7, 11) is 1.56. The van der Waals surface area contributed by atoms with Crippen LogP contribution in [0.4, 0.5) is 0 Å². The fourth-order valence-electron chi connectivity index (χ4n) is 4.12. The van der Waals surface area contributed by atoms with Gasteiger partial charge in [-0.15, -0.1) is 0 Å². The molecule has 0 saturated heterocycles. The topological polar surface area (TPSA) is 71.2 Å². The van der Waals surface area contributed by atoms with Gasteiger partial charge in [0, 0.05) is 41.3 Å². The monoisotopic (exact) mass is 444 g/mol. The smallest absolute Gasteiger partial charge is 0.303 e. The maximum atomic E-state index is 12.1. The molecule has 0 aliphatic heterocycles. The van der Waals surface area contributed by atoms with Crippen molar-refractivity contribution in [2.24, 2.45) is 0 Å². The summed E-state index contributed by atoms with van der Waals surface area (Å²) in [5.41, 5.74) is 5.60. The highest BCUT2D eigenvalue weighted by atomic mass is 16.5. The number of carbonyl (C=O) groups is 1. The minimum absolute atomic E-state index is 0.397. The number of esters is 1. The van der Waals surface area contributed by atoms with Gasteiger partial charge in [0.25, 0.3) is 0 Å². The van der Waals surface area contributed by atoms with Crippen molar-refractivity contribution in [1.82, 2.24) is 19.1 Å². The van der Waals surface area contributed by atoms with Crippen LogP contribution in [-0.4, -0.2) is 32.2 Å². The lowest BCUT2D eigenvalue weighted by molar-refractivity contribution is -0.144. The molecular formula is C26H28N4O3. The number of ether oxygens (including phenoxy) is 2. The first-order chi connectivity index (χ1) is 15.8. The molecule has 0 bridgehead atoms. The Morgan fingerprint density at radius 3 is 1.79 bits per heavy atom. The van der Waals surface area contributed by atoms with Crippen molar-refractivity contribution in [3.63, 3.8) is 0 Å². The molecule has 0 aliphatic carbocycles. The van der Waals surface area contributed by atoms with E-state index in [1.165, 1.54) is 6.92 Å². The Morgan fingerprint density at radius 1 is 0.818 bits per heavy atom. The first kappa shape index (κ1) is 22.3. The van der Waals surface area contributed by atoms with E-state index >= 15 is 0 Å². The van der Waals surface area contributed by atoms with Crippen LogP contribution in [0.5, 0.6) is 5.88 Å². The number of aromatic nitrogens is 4. The molecule has 0 aliphatic rings. The Morgan fingerprint density at radius 2 is 1.33 bits per heavy atom. The highest BCUT2D eigenvalue weighted by Gasteiger charge is 2.23. The molecule has 0 saturated carbocycles. The number of hydrogen-bond donors (Lipinski definition) is 0. The van der Waals surface area contributed by atoms with Crippen LogP contribution in [-0.2, 0) is 9.53 Å². The molecule has 170 valence electrons. The van der Waals surface area contributed by atoms with Gasteiger partial charge in [-0.3, -0.25) is 4.79 Å². The van der Waals surface area contributed by atoms with Crippen molar-refractivity contribution in [2.75, 3.05) is 7.11 Å². The van der Waals surface area contributed by atoms with E-state index in [1.807, 2.05) is 52.0 Å². The highest BCUT2D eigenvalue weighted by Crippen LogP contribution is 2.30. The largest absolute Gasteiger partial charge is 0.481 e. The van der Waals surface area contributed by atoms with Crippen LogP contribution >= 0.6 is 0 Å². The van der Waals surface area contributed by atoms with Gasteiger partial charge in [0.1, 0.15) is 11.6 Å². The Hall–Kier alpha value is -3.87. The number of aryl methyl sites for hydroxylation is 4. The molecule has 1 unspecified atom stereocenters. The lowest BCUT2D eigenvalue weighted by Crippen LogP contribution is -2.15. The van der Waals surface area contributed by atoms with Gasteiger partial charge in [-0.1, -0.05) is 6.07 Å². The van der Waals surface area contributed by atoms with Crippen molar-refractivity contribution in [1.29, 1.82) is 0 Å². The predicted molar refractivity (Wildman–Crippen MR) is 126 cm³/mol. The summed E-state index contributed by atoms with van der Waals surface area (Å²) >= 11 is 0. The summed E-state index contributed by atoms with van der Waals surface area (Å²) in [4.78, 5) is 21.6. The fraction of sp³-hybridized carbons (Fsp3) is 0.269. The fourth-order valence-corrected chi connectivity index (χ4v) is 4.12. The number of methoxy groups -OCH3 is 1. The van der Waals surface area contributed by atoms with Crippen LogP contribution in [0.15, 0.2) is 54.6 Å². The summed E-state index contributed by atoms with van der Waals surface area (Å²) in [6.07, 6.45) is -0.717. The van der Waals surface area contributed by atoms with Gasteiger partial charge in [0.15, 0.2) is 6.10 Å². The van der Waals surface area contributed by atoms with Gasteiger partial charge in [0.05, 0.1) is 12.8 Å². The second kappa shape index (κ2) is 8.94. The molecule has 0 radical (unpaired) electrons. The SMILES string of the molecule is COc1cccc(C(OC(C)=O)c2cc(-n3c(C)ccc3C)nc(-n3c(C)ccc3C)c2)n1. The number of nitrogens with zero attached hydrogens (tertiary/aromatic N) is 4. The molecule has 7 heteroatoms. The van der Waals surface area contributed by atoms with Crippen molar-refractivity contribution in [2.45, 2.75) is 40.7 Å². The Bertz CT molecular complexity index is 1220. The zero-order chi connectivity index (χ0) is 23.7. The maximum absolute atomic E-state index is 12.1. The lowest BCUT2D eigenvalue weighted by atomic mass is 10.1. The number of hydrogen-bond acceptors (Lipinski definition) is 5. The molecule has 0 aromatic carbocycles. The molecule has 0 amide bonds. The van der Waals surface area contributed by atoms with E-state index in [-0.39, 0.29) is 0 Å². The third kappa shape index (κ3) is 4.39. The third-order valence-corrected chi connectivity index (χ3v) is 5.63. The summed E-state index contributed by atoms with van der Waals surface area (Å²) in [6, 6.07) is 17.6. The zero-order valence-corrected chi connectivity index (χ0v) is 19.8. The Kier molecular flexibility index (Phi) is 6.05. The van der Waals surface area contributed by atoms with E-state index in [2.05, 4.69) is 38.4 Å². The summed E-state index contributed by atoms with van der Waals surface area (Å²) in [6.45, 7) is 9.57. The second-order valence-corrected chi connectivity index (χ2v) is 8.11. The molecular weight excluding hydrogens is 416 g/mol. The van der Waals surface area contributed by atoms with Crippen molar-refractivity contribution < 1.29 is 14.3 Å². The van der Waals surface area contributed by atoms with E-state index in [0.717, 1.165) is 40.0 Å². The van der Waals surface area contributed by atoms with E-state index in [0.29, 0.717) is 11.6 Å². The Balaban J connectivity index is 1.97. The molecule has 0 fully saturated rings. The number of carbonyl (C=O) groups excluding carboxylic acids is 1. The standard InChI is InChI=1S/C26H28N4O3/c1-16-10-11-17(2)29(16)23-14-21(15-24(28-23)30-18(3)12-13-19(30)4)26(33-20(5)31)22-8-7-9-25(27-22)32-6/h7-15,26H,1-6H3. The molecule has 1 atom stereocenters. The molecule has 4 heterocycles. The summed E-state index contributed by atoms with van der Waals surface area (Å²) in [5, 5.41) is 0. The van der Waals surface area contributed by atoms with Crippen molar-refractivity contribution in [3.05, 3.63) is 88.6 Å². The predicted octanol–water partition coefficient (Wildman–Crippen LogP) is 4.95. The van der Waals surface area contributed by atoms with Gasteiger partial charge >= 0.3 is 5.97 Å². The molecule has 0 N–H and O–H groups in total. The molecule has 4 aromatic rings. The van der Waals surface area contributed by atoms with Crippen molar-refractivity contribution >= 4 is 5.97 Å². The molecule has 4 rings (SSSR count). The Labute approximate surface area is 193 Å². The molecule has 0 spiro atoms. The van der Waals surface area contributed by atoms with Crippen LogP contribution in [0.25, 0.3) is 11.6 Å². The maximum Gasteiger partial charge on any atom is 0.303 e. The third-order valence-electron chi connectivity index (χ3n) is 5.63. The van der Waals surface area contributed by atoms with Gasteiger partial charge in [0.2, 0.25) is 5.88 Å². The van der Waals surface area contributed by atoms with Gasteiger partial charge in [-0.2, -0.15) is 0 Å². The van der Waals surface area contributed by atoms with Gasteiger partial charge in [-0.05, 0) is 70.2 Å². The quantitative estimate of drug-likeness (QED) is 0.394. The van der Waals surface area contributed by atoms with E-state index in [4.69, 9.17) is 14.5 Å². The highest BCUT2D eigenvalue weighted by molar-refractivity contribution is 5.67. The van der Waals surface area contributed by atoms with Crippen LogP contribution in [0, 0.1) is 27.7 Å². The summed E-state index contributed by atoms with van der Waals surface area (Å²) in [5.74, 6) is 1.55. The normalized spacial score (nSPS) is 11.9. The van der Waals surface area contributed by atoms with Gasteiger partial charge in [-0.25, -0.2) is 9.97 Å². The lowest BCUT2D eigenvalue weighted by Gasteiger charge is -2.21. The average molecular weight is 445 g/mol. The summed E-state index contributed by atoms with van der Waals surface area (Å²) < 4.78 is 15.3. The minimum atomic E-state index is -0.717. The van der Waals surface area contributed by atoms with Gasteiger partial charge < -0.3 is 18.6 Å². The average Bonchev–Trinajstić information content (AvgIpc) is 3.31. The van der Waals surface area contributed by atoms with Crippen LogP contribution in [0.1, 0.15) is 47.1 Å². The van der Waals surface area contributed by atoms with Crippen LogP contribution < -0.4 is 4.74 Å². The zero-order valence-electron chi connectivity index (χ0n) is 19.8. The number of pyridine rings is 2. The molecule has 33 heavy (non-hydrogen) atoms. The first-order valence-corrected chi connectivity index (χ1v) is 10.8. The van der Waals surface area contributed by atoms with E-state index < -0.39 is 12.1 Å². The second-order valence-electron chi connectivity index (χ2n) is 8.11. The molecule has 4 aromatic heterocycles. The van der Waals surface area contributed by atoms with E-state index in [9.17, 15) is 4.79 Å². The van der Waals surface area contributed by atoms with Crippen LogP contribution in [0.3, 0.4) is 0 Å². The first-order valence-electron chi connectivity index (χ1n) is 10.8. The van der Waals surface area contributed by atoms with E-state index in [1.54, 1.807) is 13.2 Å². The molecule has 7 nitrogen and oxygen atoms in total. The number of rotatable bonds is 6. The minimum Gasteiger partial charge on any atom is -0.481 e. The van der Waals surface area contributed by atoms with Crippen molar-refractivity contribution in [3.8, 4) is 17.5 Å². The van der Waals surface area contributed by atoms with Crippen LogP contribution in [0.2, 0.25) is 0 Å².